The molecule has 1 aliphatic rings. The van der Waals surface area contributed by atoms with E-state index in [-0.39, 0.29) is 6.09 Å². The van der Waals surface area contributed by atoms with Gasteiger partial charge in [-0.05, 0) is 31.6 Å². The summed E-state index contributed by atoms with van der Waals surface area (Å²) in [5.74, 6) is 0.797. The number of rotatable bonds is 9. The van der Waals surface area contributed by atoms with Crippen LogP contribution in [0.2, 0.25) is 0 Å². The first-order valence-electron chi connectivity index (χ1n) is 7.36. The van der Waals surface area contributed by atoms with Crippen molar-refractivity contribution in [2.24, 2.45) is 5.92 Å². The number of carbonyl (C=O) groups is 1. The summed E-state index contributed by atoms with van der Waals surface area (Å²) in [6, 6.07) is 0. The molecule has 0 spiro atoms. The average Bonchev–Trinajstić information content (AvgIpc) is 2.87. The Kier molecular flexibility index (Phi) is 8.65. The number of unbranched alkanes of at least 4 members (excludes halogenated alkanes) is 3. The van der Waals surface area contributed by atoms with Gasteiger partial charge in [-0.1, -0.05) is 26.2 Å². The van der Waals surface area contributed by atoms with Gasteiger partial charge < -0.3 is 10.1 Å². The van der Waals surface area contributed by atoms with E-state index in [2.05, 4.69) is 17.6 Å². The molecule has 0 bridgehead atoms. The molecule has 1 saturated heterocycles. The number of hydrogen-bond donors (Lipinski definition) is 1. The van der Waals surface area contributed by atoms with Crippen molar-refractivity contribution in [2.75, 3.05) is 26.2 Å². The summed E-state index contributed by atoms with van der Waals surface area (Å²) in [4.78, 5) is 11.3. The number of hydrogen-bond acceptors (Lipinski definition) is 2. The molecule has 4 nitrogen and oxygen atoms in total. The SMILES string of the molecule is CCCCCOC(=O)NCCCCC1CC[N]C1. The van der Waals surface area contributed by atoms with Crippen LogP contribution in [0.5, 0.6) is 0 Å². The van der Waals surface area contributed by atoms with Crippen LogP contribution in [0, 0.1) is 5.92 Å². The molecule has 1 atom stereocenters. The van der Waals surface area contributed by atoms with Crippen molar-refractivity contribution in [3.8, 4) is 0 Å². The van der Waals surface area contributed by atoms with Gasteiger partial charge in [0.2, 0.25) is 0 Å². The monoisotopic (exact) mass is 255 g/mol. The Labute approximate surface area is 111 Å². The number of nitrogens with one attached hydrogen (secondary N) is 1. The van der Waals surface area contributed by atoms with Crippen LogP contribution in [0.15, 0.2) is 0 Å². The minimum atomic E-state index is -0.262. The molecule has 18 heavy (non-hydrogen) atoms. The van der Waals surface area contributed by atoms with Crippen molar-refractivity contribution >= 4 is 6.09 Å². The summed E-state index contributed by atoms with van der Waals surface area (Å²) in [6.45, 7) is 5.51. The smallest absolute Gasteiger partial charge is 0.407 e. The van der Waals surface area contributed by atoms with Crippen LogP contribution in [0.4, 0.5) is 4.79 Å². The second-order valence-electron chi connectivity index (χ2n) is 5.05. The van der Waals surface area contributed by atoms with Gasteiger partial charge in [-0.15, -0.1) is 0 Å². The van der Waals surface area contributed by atoms with E-state index < -0.39 is 0 Å². The van der Waals surface area contributed by atoms with Crippen molar-refractivity contribution in [2.45, 2.75) is 51.9 Å². The predicted octanol–water partition coefficient (Wildman–Crippen LogP) is 2.70. The molecular formula is C14H27N2O2. The van der Waals surface area contributed by atoms with Gasteiger partial charge in [0.25, 0.3) is 0 Å². The molecule has 1 radical (unpaired) electrons. The Morgan fingerprint density at radius 1 is 1.33 bits per heavy atom. The van der Waals surface area contributed by atoms with Gasteiger partial charge in [0.05, 0.1) is 6.61 Å². The number of carbonyl (C=O) groups excluding carboxylic acids is 1. The van der Waals surface area contributed by atoms with Crippen LogP contribution in [-0.2, 0) is 4.74 Å². The maximum Gasteiger partial charge on any atom is 0.407 e. The first kappa shape index (κ1) is 15.3. The lowest BCUT2D eigenvalue weighted by molar-refractivity contribution is 0.144. The zero-order valence-corrected chi connectivity index (χ0v) is 11.6. The van der Waals surface area contributed by atoms with Crippen molar-refractivity contribution in [1.29, 1.82) is 0 Å². The average molecular weight is 255 g/mol. The van der Waals surface area contributed by atoms with Crippen molar-refractivity contribution in [3.05, 3.63) is 0 Å². The molecule has 1 fully saturated rings. The molecule has 1 heterocycles. The summed E-state index contributed by atoms with van der Waals surface area (Å²) in [5, 5.41) is 7.15. The highest BCUT2D eigenvalue weighted by molar-refractivity contribution is 5.66. The molecule has 1 aliphatic heterocycles. The minimum Gasteiger partial charge on any atom is -0.450 e. The second kappa shape index (κ2) is 10.2. The molecule has 1 N–H and O–H groups in total. The molecule has 1 amide bonds. The van der Waals surface area contributed by atoms with Gasteiger partial charge in [-0.25, -0.2) is 10.1 Å². The molecule has 0 aromatic carbocycles. The number of ether oxygens (including phenoxy) is 1. The summed E-state index contributed by atoms with van der Waals surface area (Å²) >= 11 is 0. The highest BCUT2D eigenvalue weighted by atomic mass is 16.5. The molecule has 0 aromatic heterocycles. The first-order chi connectivity index (χ1) is 8.83. The van der Waals surface area contributed by atoms with E-state index in [9.17, 15) is 4.79 Å². The van der Waals surface area contributed by atoms with Crippen molar-refractivity contribution in [1.82, 2.24) is 10.6 Å². The Balaban J connectivity index is 1.82. The molecule has 0 saturated carbocycles. The van der Waals surface area contributed by atoms with E-state index in [1.54, 1.807) is 0 Å². The third-order valence-electron chi connectivity index (χ3n) is 3.37. The van der Waals surface area contributed by atoms with E-state index in [0.717, 1.165) is 51.2 Å². The summed E-state index contributed by atoms with van der Waals surface area (Å²) in [6.07, 6.45) is 7.70. The summed E-state index contributed by atoms with van der Waals surface area (Å²) in [5.41, 5.74) is 0. The van der Waals surface area contributed by atoms with E-state index in [0.29, 0.717) is 6.61 Å². The number of amides is 1. The maximum absolute atomic E-state index is 11.3. The maximum atomic E-state index is 11.3. The zero-order chi connectivity index (χ0) is 13.1. The lowest BCUT2D eigenvalue weighted by Crippen LogP contribution is -2.25. The van der Waals surface area contributed by atoms with Gasteiger partial charge in [0.15, 0.2) is 0 Å². The lowest BCUT2D eigenvalue weighted by atomic mass is 10.0. The zero-order valence-electron chi connectivity index (χ0n) is 11.6. The largest absolute Gasteiger partial charge is 0.450 e. The Bertz CT molecular complexity index is 216. The fraction of sp³-hybridized carbons (Fsp3) is 0.929. The molecular weight excluding hydrogens is 228 g/mol. The van der Waals surface area contributed by atoms with Gasteiger partial charge in [0.1, 0.15) is 0 Å². The topological polar surface area (TPSA) is 52.4 Å². The van der Waals surface area contributed by atoms with Gasteiger partial charge >= 0.3 is 6.09 Å². The molecule has 4 heteroatoms. The molecule has 1 unspecified atom stereocenters. The standard InChI is InChI=1S/C14H27N2O2/c1-2-3-6-11-18-14(17)16-9-5-4-7-13-8-10-15-12-13/h13H,2-12H2,1H3,(H,16,17). The van der Waals surface area contributed by atoms with E-state index in [1.165, 1.54) is 19.3 Å². The molecule has 0 aromatic rings. The highest BCUT2D eigenvalue weighted by Crippen LogP contribution is 2.15. The first-order valence-corrected chi connectivity index (χ1v) is 7.36. The highest BCUT2D eigenvalue weighted by Gasteiger charge is 2.14. The van der Waals surface area contributed by atoms with Crippen LogP contribution in [-0.4, -0.2) is 32.3 Å². The quantitative estimate of drug-likeness (QED) is 0.644. The van der Waals surface area contributed by atoms with Gasteiger partial charge in [-0.2, -0.15) is 0 Å². The normalized spacial score (nSPS) is 18.8. The third-order valence-corrected chi connectivity index (χ3v) is 3.37. The fourth-order valence-electron chi connectivity index (χ4n) is 2.19. The van der Waals surface area contributed by atoms with Gasteiger partial charge in [0, 0.05) is 19.6 Å². The predicted molar refractivity (Wildman–Crippen MR) is 72.7 cm³/mol. The van der Waals surface area contributed by atoms with Crippen LogP contribution >= 0.6 is 0 Å². The Hall–Kier alpha value is -0.770. The summed E-state index contributed by atoms with van der Waals surface area (Å²) < 4.78 is 5.06. The van der Waals surface area contributed by atoms with E-state index >= 15 is 0 Å². The second-order valence-corrected chi connectivity index (χ2v) is 5.05. The molecule has 105 valence electrons. The van der Waals surface area contributed by atoms with Crippen molar-refractivity contribution in [3.63, 3.8) is 0 Å². The fourth-order valence-corrected chi connectivity index (χ4v) is 2.19. The summed E-state index contributed by atoms with van der Waals surface area (Å²) in [7, 11) is 0. The van der Waals surface area contributed by atoms with Crippen molar-refractivity contribution < 1.29 is 9.53 Å². The van der Waals surface area contributed by atoms with Crippen LogP contribution in [0.1, 0.15) is 51.9 Å². The lowest BCUT2D eigenvalue weighted by Gasteiger charge is -2.08. The molecule has 0 aliphatic carbocycles. The van der Waals surface area contributed by atoms with E-state index in [1.807, 2.05) is 0 Å². The number of nitrogens with zero attached hydrogens (tertiary/aromatic N) is 1. The van der Waals surface area contributed by atoms with Crippen LogP contribution in [0.3, 0.4) is 0 Å². The Morgan fingerprint density at radius 3 is 2.94 bits per heavy atom. The van der Waals surface area contributed by atoms with Crippen LogP contribution < -0.4 is 10.6 Å². The Morgan fingerprint density at radius 2 is 2.22 bits per heavy atom. The minimum absolute atomic E-state index is 0.262. The van der Waals surface area contributed by atoms with Gasteiger partial charge in [-0.3, -0.25) is 0 Å². The van der Waals surface area contributed by atoms with E-state index in [4.69, 9.17) is 4.74 Å². The van der Waals surface area contributed by atoms with Crippen LogP contribution in [0.25, 0.3) is 0 Å². The number of alkyl carbamates (subject to hydrolysis) is 1. The molecule has 1 rings (SSSR count). The third kappa shape index (κ3) is 7.54.